The zero-order valence-corrected chi connectivity index (χ0v) is 11.3. The molecule has 3 N–H and O–H groups in total. The molecule has 0 saturated heterocycles. The van der Waals surface area contributed by atoms with E-state index in [1.54, 1.807) is 18.2 Å². The lowest BCUT2D eigenvalue weighted by Gasteiger charge is -2.27. The van der Waals surface area contributed by atoms with Gasteiger partial charge in [0.25, 0.3) is 0 Å². The van der Waals surface area contributed by atoms with E-state index in [1.165, 1.54) is 6.07 Å². The van der Waals surface area contributed by atoms with Crippen LogP contribution in [-0.2, 0) is 4.79 Å². The minimum absolute atomic E-state index is 0.175. The van der Waals surface area contributed by atoms with Crippen LogP contribution in [0.15, 0.2) is 24.3 Å². The molecule has 0 radical (unpaired) electrons. The van der Waals surface area contributed by atoms with Crippen molar-refractivity contribution < 1.29 is 13.9 Å². The molecule has 2 aliphatic carbocycles. The number of nitrogens with one attached hydrogen (secondary N) is 1. The van der Waals surface area contributed by atoms with Gasteiger partial charge in [0.2, 0.25) is 5.91 Å². The van der Waals surface area contributed by atoms with Crippen molar-refractivity contribution in [3.8, 4) is 5.75 Å². The summed E-state index contributed by atoms with van der Waals surface area (Å²) in [6.07, 6.45) is 3.87. The van der Waals surface area contributed by atoms with E-state index in [0.717, 1.165) is 12.8 Å². The first-order chi connectivity index (χ1) is 9.59. The summed E-state index contributed by atoms with van der Waals surface area (Å²) in [5.41, 5.74) is 4.88. The van der Waals surface area contributed by atoms with Crippen LogP contribution in [0.4, 0.5) is 4.39 Å². The van der Waals surface area contributed by atoms with Gasteiger partial charge >= 0.3 is 0 Å². The maximum Gasteiger partial charge on any atom is 0.237 e. The Morgan fingerprint density at radius 1 is 1.35 bits per heavy atom. The Labute approximate surface area is 117 Å². The summed E-state index contributed by atoms with van der Waals surface area (Å²) in [7, 11) is 0. The van der Waals surface area contributed by atoms with Crippen LogP contribution in [0.25, 0.3) is 0 Å². The lowest BCUT2D eigenvalue weighted by Crippen LogP contribution is -2.55. The third-order valence-electron chi connectivity index (χ3n) is 4.13. The normalized spacial score (nSPS) is 29.4. The van der Waals surface area contributed by atoms with Crippen LogP contribution in [0, 0.1) is 5.82 Å². The smallest absolute Gasteiger partial charge is 0.237 e. The van der Waals surface area contributed by atoms with Crippen LogP contribution in [-0.4, -0.2) is 23.6 Å². The van der Waals surface area contributed by atoms with Crippen LogP contribution in [0.1, 0.15) is 32.1 Å². The van der Waals surface area contributed by atoms with Gasteiger partial charge in [-0.25, -0.2) is 4.39 Å². The van der Waals surface area contributed by atoms with Gasteiger partial charge in [-0.3, -0.25) is 4.79 Å². The van der Waals surface area contributed by atoms with Crippen molar-refractivity contribution in [2.75, 3.05) is 0 Å². The summed E-state index contributed by atoms with van der Waals surface area (Å²) in [5.74, 6) is -0.465. The minimum Gasteiger partial charge on any atom is -0.487 e. The van der Waals surface area contributed by atoms with Crippen LogP contribution < -0.4 is 15.8 Å². The molecular formula is C15H19FN2O2. The van der Waals surface area contributed by atoms with Crippen molar-refractivity contribution >= 4 is 5.91 Å². The Morgan fingerprint density at radius 3 is 2.75 bits per heavy atom. The monoisotopic (exact) mass is 278 g/mol. The van der Waals surface area contributed by atoms with Crippen molar-refractivity contribution in [2.24, 2.45) is 5.73 Å². The minimum atomic E-state index is -0.683. The van der Waals surface area contributed by atoms with E-state index in [-0.39, 0.29) is 23.6 Å². The van der Waals surface area contributed by atoms with Gasteiger partial charge in [0, 0.05) is 12.5 Å². The van der Waals surface area contributed by atoms with Gasteiger partial charge in [-0.1, -0.05) is 12.1 Å². The summed E-state index contributed by atoms with van der Waals surface area (Å²) in [6, 6.07) is 6.73. The first-order valence-corrected chi connectivity index (χ1v) is 7.08. The van der Waals surface area contributed by atoms with Crippen LogP contribution in [0.5, 0.6) is 5.75 Å². The predicted molar refractivity (Wildman–Crippen MR) is 72.8 cm³/mol. The third kappa shape index (κ3) is 2.63. The van der Waals surface area contributed by atoms with Crippen LogP contribution in [0.2, 0.25) is 0 Å². The number of benzene rings is 1. The van der Waals surface area contributed by atoms with E-state index in [4.69, 9.17) is 10.5 Å². The second kappa shape index (κ2) is 5.05. The number of ether oxygens (including phenoxy) is 1. The molecule has 20 heavy (non-hydrogen) atoms. The Bertz CT molecular complexity index is 518. The van der Waals surface area contributed by atoms with Crippen molar-refractivity contribution in [3.05, 3.63) is 30.1 Å². The highest BCUT2D eigenvalue weighted by molar-refractivity contribution is 5.85. The number of amides is 1. The number of nitrogens with two attached hydrogens (primary N) is 1. The first kappa shape index (κ1) is 13.4. The molecule has 1 amide bonds. The number of hydrogen-bond donors (Lipinski definition) is 2. The number of rotatable bonds is 5. The lowest BCUT2D eigenvalue weighted by molar-refractivity contribution is -0.124. The molecule has 0 spiro atoms. The van der Waals surface area contributed by atoms with Crippen molar-refractivity contribution in [3.63, 3.8) is 0 Å². The summed E-state index contributed by atoms with van der Waals surface area (Å²) >= 11 is 0. The molecule has 2 saturated carbocycles. The maximum absolute atomic E-state index is 13.6. The molecule has 2 unspecified atom stereocenters. The van der Waals surface area contributed by atoms with Crippen LogP contribution >= 0.6 is 0 Å². The van der Waals surface area contributed by atoms with E-state index in [2.05, 4.69) is 5.32 Å². The molecule has 4 nitrogen and oxygen atoms in total. The van der Waals surface area contributed by atoms with Gasteiger partial charge in [-0.15, -0.1) is 0 Å². The third-order valence-corrected chi connectivity index (χ3v) is 4.13. The summed E-state index contributed by atoms with van der Waals surface area (Å²) in [6.45, 7) is 0. The second-order valence-electron chi connectivity index (χ2n) is 5.78. The van der Waals surface area contributed by atoms with Gasteiger partial charge in [0.1, 0.15) is 11.6 Å². The Kier molecular flexibility index (Phi) is 3.38. The topological polar surface area (TPSA) is 64.4 Å². The number of carbonyl (C=O) groups excluding carboxylic acids is 1. The quantitative estimate of drug-likeness (QED) is 0.862. The summed E-state index contributed by atoms with van der Waals surface area (Å²) < 4.78 is 19.3. The molecule has 0 bridgehead atoms. The van der Waals surface area contributed by atoms with Gasteiger partial charge in [0.15, 0.2) is 11.6 Å². The fourth-order valence-electron chi connectivity index (χ4n) is 2.87. The molecule has 2 aliphatic rings. The zero-order valence-electron chi connectivity index (χ0n) is 11.3. The van der Waals surface area contributed by atoms with Crippen LogP contribution in [0.3, 0.4) is 0 Å². The van der Waals surface area contributed by atoms with E-state index in [9.17, 15) is 9.18 Å². The molecule has 5 heteroatoms. The highest BCUT2D eigenvalue weighted by atomic mass is 19.1. The van der Waals surface area contributed by atoms with Gasteiger partial charge in [-0.05, 0) is 37.8 Å². The first-order valence-electron chi connectivity index (χ1n) is 7.08. The Hall–Kier alpha value is -1.62. The predicted octanol–water partition coefficient (Wildman–Crippen LogP) is 1.73. The molecule has 2 fully saturated rings. The number of carbonyl (C=O) groups is 1. The zero-order chi connectivity index (χ0) is 14.2. The average molecular weight is 278 g/mol. The number of halogens is 1. The molecule has 1 aromatic rings. The molecule has 0 aromatic heterocycles. The SMILES string of the molecule is NC(=O)C1(NC2CC2)CCC(Oc2ccccc2F)C1. The average Bonchev–Trinajstić information content (AvgIpc) is 3.12. The van der Waals surface area contributed by atoms with Crippen molar-refractivity contribution in [2.45, 2.75) is 49.8 Å². The number of para-hydroxylation sites is 1. The summed E-state index contributed by atoms with van der Waals surface area (Å²) in [5, 5.41) is 3.35. The largest absolute Gasteiger partial charge is 0.487 e. The van der Waals surface area contributed by atoms with Gasteiger partial charge in [-0.2, -0.15) is 0 Å². The highest BCUT2D eigenvalue weighted by Gasteiger charge is 2.47. The van der Waals surface area contributed by atoms with E-state index in [0.29, 0.717) is 25.3 Å². The fourth-order valence-corrected chi connectivity index (χ4v) is 2.87. The van der Waals surface area contributed by atoms with Crippen molar-refractivity contribution in [1.82, 2.24) is 5.32 Å². The highest BCUT2D eigenvalue weighted by Crippen LogP contribution is 2.36. The number of primary amides is 1. The maximum atomic E-state index is 13.6. The molecular weight excluding hydrogens is 259 g/mol. The Morgan fingerprint density at radius 2 is 2.10 bits per heavy atom. The molecule has 3 rings (SSSR count). The van der Waals surface area contributed by atoms with Gasteiger partial charge < -0.3 is 15.8 Å². The number of hydrogen-bond acceptors (Lipinski definition) is 3. The molecule has 108 valence electrons. The lowest BCUT2D eigenvalue weighted by atomic mass is 9.96. The standard InChI is InChI=1S/C15H19FN2O2/c16-12-3-1-2-4-13(12)20-11-7-8-15(9-11,14(17)19)18-10-5-6-10/h1-4,10-11,18H,5-9H2,(H2,17,19). The Balaban J connectivity index is 1.68. The second-order valence-corrected chi connectivity index (χ2v) is 5.78. The molecule has 0 aliphatic heterocycles. The molecule has 1 aromatic carbocycles. The van der Waals surface area contributed by atoms with E-state index < -0.39 is 5.54 Å². The summed E-state index contributed by atoms with van der Waals surface area (Å²) in [4.78, 5) is 11.8. The van der Waals surface area contributed by atoms with E-state index >= 15 is 0 Å². The van der Waals surface area contributed by atoms with E-state index in [1.807, 2.05) is 0 Å². The molecule has 0 heterocycles. The molecule has 2 atom stereocenters. The van der Waals surface area contributed by atoms with Crippen molar-refractivity contribution in [1.29, 1.82) is 0 Å². The van der Waals surface area contributed by atoms with Gasteiger partial charge in [0.05, 0.1) is 0 Å². The fraction of sp³-hybridized carbons (Fsp3) is 0.533.